The van der Waals surface area contributed by atoms with Crippen LogP contribution in [0.2, 0.25) is 0 Å². The normalized spacial score (nSPS) is 28.7. The lowest BCUT2D eigenvalue weighted by Crippen LogP contribution is -2.38. The maximum atomic E-state index is 11.9. The van der Waals surface area contributed by atoms with Gasteiger partial charge in [0.25, 0.3) is 5.56 Å². The molecule has 1 saturated heterocycles. The van der Waals surface area contributed by atoms with E-state index in [1.807, 2.05) is 4.98 Å². The molecule has 172 valence electrons. The fraction of sp³-hybridized carbons (Fsp3) is 0.600. The van der Waals surface area contributed by atoms with E-state index >= 15 is 0 Å². The third kappa shape index (κ3) is 6.73. The van der Waals surface area contributed by atoms with E-state index in [1.165, 1.54) is 0 Å². The molecule has 0 amide bonds. The number of ether oxygens (including phenoxy) is 2. The third-order valence-corrected chi connectivity index (χ3v) is 7.33. The van der Waals surface area contributed by atoms with E-state index in [4.69, 9.17) is 24.2 Å². The van der Waals surface area contributed by atoms with Gasteiger partial charge in [-0.25, -0.2) is 18.5 Å². The van der Waals surface area contributed by atoms with Crippen molar-refractivity contribution in [1.29, 1.82) is 0 Å². The molecule has 17 nitrogen and oxygen atoms in total. The Hall–Kier alpha value is -1.03. The minimum atomic E-state index is -5.70. The van der Waals surface area contributed by atoms with Crippen LogP contribution in [0, 0.1) is 0 Å². The predicted molar refractivity (Wildman–Crippen MR) is 91.9 cm³/mol. The first-order chi connectivity index (χ1) is 13.6. The Morgan fingerprint density at radius 3 is 2.30 bits per heavy atom. The van der Waals surface area contributed by atoms with E-state index in [-0.39, 0.29) is 0 Å². The van der Waals surface area contributed by atoms with Crippen molar-refractivity contribution in [1.82, 2.24) is 9.55 Å². The van der Waals surface area contributed by atoms with Crippen molar-refractivity contribution in [2.45, 2.75) is 24.5 Å². The van der Waals surface area contributed by atoms with Gasteiger partial charge in [0.2, 0.25) is 0 Å². The lowest BCUT2D eigenvalue weighted by Gasteiger charge is -2.20. The molecule has 6 atom stereocenters. The zero-order chi connectivity index (χ0) is 22.9. The van der Waals surface area contributed by atoms with Crippen molar-refractivity contribution in [3.05, 3.63) is 33.1 Å². The Balaban J connectivity index is 2.11. The van der Waals surface area contributed by atoms with Crippen molar-refractivity contribution in [3.63, 3.8) is 0 Å². The topological polar surface area (TPSA) is 253 Å². The lowest BCUT2D eigenvalue weighted by molar-refractivity contribution is -0.0560. The van der Waals surface area contributed by atoms with Gasteiger partial charge in [-0.1, -0.05) is 0 Å². The number of aliphatic hydroxyl groups excluding tert-OH is 1. The van der Waals surface area contributed by atoms with E-state index in [0.717, 1.165) is 23.9 Å². The molecule has 0 aromatic carbocycles. The van der Waals surface area contributed by atoms with Gasteiger partial charge in [0, 0.05) is 19.4 Å². The molecule has 1 aromatic rings. The largest absolute Gasteiger partial charge is 0.490 e. The zero-order valence-electron chi connectivity index (χ0n) is 14.8. The molecule has 1 aromatic heterocycles. The second-order valence-electron chi connectivity index (χ2n) is 5.66. The molecular formula is C10H17N2O15P3. The molecule has 6 N–H and O–H groups in total. The average molecular weight is 498 g/mol. The highest BCUT2D eigenvalue weighted by molar-refractivity contribution is 7.66. The van der Waals surface area contributed by atoms with E-state index in [1.54, 1.807) is 0 Å². The molecule has 30 heavy (non-hydrogen) atoms. The summed E-state index contributed by atoms with van der Waals surface area (Å²) in [5.74, 6) is 0. The lowest BCUT2D eigenvalue weighted by atomic mass is 10.1. The summed E-state index contributed by atoms with van der Waals surface area (Å²) in [5, 5.41) is 10.3. The number of phosphoric ester groups is 1. The van der Waals surface area contributed by atoms with Crippen LogP contribution in [0.5, 0.6) is 0 Å². The van der Waals surface area contributed by atoms with E-state index in [9.17, 15) is 33.3 Å². The van der Waals surface area contributed by atoms with Gasteiger partial charge in [0.05, 0.1) is 6.61 Å². The van der Waals surface area contributed by atoms with Crippen LogP contribution < -0.4 is 11.2 Å². The SMILES string of the molecule is COC1C(COP(=O)(O)OP(=O)(O)OP(=O)(O)O)OC(n2ccc(=O)[nH]c2=O)C1O. The van der Waals surface area contributed by atoms with Crippen LogP contribution in [-0.4, -0.2) is 66.3 Å². The number of H-pyrrole nitrogens is 1. The Labute approximate surface area is 166 Å². The van der Waals surface area contributed by atoms with Gasteiger partial charge < -0.3 is 34.2 Å². The summed E-state index contributed by atoms with van der Waals surface area (Å²) in [6.07, 6.45) is -4.48. The second kappa shape index (κ2) is 9.22. The standard InChI is InChI=1S/C10H17N2O15P3/c1-23-8-5(4-24-29(19,20)27-30(21,22)26-28(16,17)18)25-9(7(8)14)12-3-2-6(13)11-10(12)15/h2-3,5,7-9,14H,4H2,1H3,(H,19,20)(H,21,22)(H,11,13,15)(H2,16,17,18). The molecule has 1 fully saturated rings. The molecule has 0 spiro atoms. The summed E-state index contributed by atoms with van der Waals surface area (Å²) >= 11 is 0. The van der Waals surface area contributed by atoms with Gasteiger partial charge in [-0.2, -0.15) is 8.62 Å². The van der Waals surface area contributed by atoms with Gasteiger partial charge in [-0.15, -0.1) is 0 Å². The Morgan fingerprint density at radius 1 is 1.13 bits per heavy atom. The number of aromatic amines is 1. The average Bonchev–Trinajstić information content (AvgIpc) is 2.85. The number of methoxy groups -OCH3 is 1. The highest BCUT2D eigenvalue weighted by Crippen LogP contribution is 2.66. The van der Waals surface area contributed by atoms with E-state index in [0.29, 0.717) is 0 Å². The summed E-state index contributed by atoms with van der Waals surface area (Å²) < 4.78 is 56.4. The predicted octanol–water partition coefficient (Wildman–Crippen LogP) is -1.85. The minimum Gasteiger partial charge on any atom is -0.386 e. The first-order valence-electron chi connectivity index (χ1n) is 7.60. The zero-order valence-corrected chi connectivity index (χ0v) is 17.5. The van der Waals surface area contributed by atoms with Crippen LogP contribution in [-0.2, 0) is 36.3 Å². The molecule has 0 bridgehead atoms. The summed E-state index contributed by atoms with van der Waals surface area (Å²) in [7, 11) is -15.6. The Bertz CT molecular complexity index is 1010. The number of hydrogen-bond donors (Lipinski definition) is 6. The molecule has 1 aliphatic heterocycles. The van der Waals surface area contributed by atoms with Gasteiger partial charge in [-0.05, 0) is 0 Å². The van der Waals surface area contributed by atoms with Gasteiger partial charge in [0.1, 0.15) is 18.3 Å². The fourth-order valence-electron chi connectivity index (χ4n) is 2.47. The number of phosphoric acid groups is 3. The molecule has 2 heterocycles. The van der Waals surface area contributed by atoms with E-state index in [2.05, 4.69) is 13.1 Å². The van der Waals surface area contributed by atoms with Gasteiger partial charge in [-0.3, -0.25) is 18.9 Å². The first-order valence-corrected chi connectivity index (χ1v) is 12.1. The smallest absolute Gasteiger partial charge is 0.386 e. The fourth-order valence-corrected chi connectivity index (χ4v) is 5.50. The maximum Gasteiger partial charge on any atom is 0.490 e. The number of aromatic nitrogens is 2. The molecular weight excluding hydrogens is 481 g/mol. The number of aliphatic hydroxyl groups is 1. The number of rotatable bonds is 9. The van der Waals surface area contributed by atoms with Crippen LogP contribution in [0.3, 0.4) is 0 Å². The molecule has 1 aliphatic rings. The molecule has 20 heteroatoms. The van der Waals surface area contributed by atoms with Crippen LogP contribution in [0.15, 0.2) is 21.9 Å². The Kier molecular flexibility index (Phi) is 7.76. The second-order valence-corrected chi connectivity index (χ2v) is 10.1. The summed E-state index contributed by atoms with van der Waals surface area (Å²) in [4.78, 5) is 60.5. The van der Waals surface area contributed by atoms with Crippen LogP contribution in [0.1, 0.15) is 6.23 Å². The van der Waals surface area contributed by atoms with Gasteiger partial charge >= 0.3 is 29.2 Å². The molecule has 2 rings (SSSR count). The van der Waals surface area contributed by atoms with Crippen molar-refractivity contribution < 1.29 is 61.0 Å². The molecule has 0 radical (unpaired) electrons. The Morgan fingerprint density at radius 2 is 1.77 bits per heavy atom. The van der Waals surface area contributed by atoms with Crippen molar-refractivity contribution in [2.75, 3.05) is 13.7 Å². The molecule has 0 saturated carbocycles. The highest BCUT2D eigenvalue weighted by Gasteiger charge is 2.47. The van der Waals surface area contributed by atoms with E-state index < -0.39 is 65.9 Å². The third-order valence-electron chi connectivity index (χ3n) is 3.52. The summed E-state index contributed by atoms with van der Waals surface area (Å²) in [5.41, 5.74) is -1.65. The summed E-state index contributed by atoms with van der Waals surface area (Å²) in [6.45, 7) is -0.909. The maximum absolute atomic E-state index is 11.9. The minimum absolute atomic E-state index is 0.712. The van der Waals surface area contributed by atoms with Crippen molar-refractivity contribution in [2.24, 2.45) is 0 Å². The first kappa shape index (κ1) is 25.2. The summed E-state index contributed by atoms with van der Waals surface area (Å²) in [6, 6.07) is 0.971. The van der Waals surface area contributed by atoms with Gasteiger partial charge in [0.15, 0.2) is 6.23 Å². The monoisotopic (exact) mass is 498 g/mol. The molecule has 6 unspecified atom stereocenters. The molecule has 0 aliphatic carbocycles. The van der Waals surface area contributed by atoms with Crippen LogP contribution >= 0.6 is 23.5 Å². The number of nitrogens with zero attached hydrogens (tertiary/aromatic N) is 1. The van der Waals surface area contributed by atoms with Crippen LogP contribution in [0.25, 0.3) is 0 Å². The van der Waals surface area contributed by atoms with Crippen LogP contribution in [0.4, 0.5) is 0 Å². The van der Waals surface area contributed by atoms with Crippen molar-refractivity contribution >= 4 is 23.5 Å². The van der Waals surface area contributed by atoms with Crippen molar-refractivity contribution in [3.8, 4) is 0 Å². The highest BCUT2D eigenvalue weighted by atomic mass is 31.3. The number of hydrogen-bond acceptors (Lipinski definition) is 11. The quantitative estimate of drug-likeness (QED) is 0.204. The number of nitrogens with one attached hydrogen (secondary N) is 1.